The Morgan fingerprint density at radius 3 is 3.10 bits per heavy atom. The number of carbonyl (C=O) groups excluding carboxylic acids is 1. The molecular weight excluding hydrogens is 268 g/mol. The Kier molecular flexibility index (Phi) is 4.85. The highest BCUT2D eigenvalue weighted by Crippen LogP contribution is 2.29. The minimum atomic E-state index is -0.409. The standard InChI is InChI=1S/C16H22N2O3/c19-16(15-9-17-6-7-21-15)18-14-3-1-2-13(8-14)11-20-10-12-4-5-12/h1-3,8,12,15,17H,4-7,9-11H2,(H,18,19). The summed E-state index contributed by atoms with van der Waals surface area (Å²) >= 11 is 0. The van der Waals surface area contributed by atoms with E-state index in [4.69, 9.17) is 9.47 Å². The van der Waals surface area contributed by atoms with Crippen molar-refractivity contribution in [1.82, 2.24) is 5.32 Å². The van der Waals surface area contributed by atoms with Crippen LogP contribution in [0.1, 0.15) is 18.4 Å². The molecule has 0 spiro atoms. The molecular formula is C16H22N2O3. The van der Waals surface area contributed by atoms with Gasteiger partial charge in [-0.05, 0) is 36.5 Å². The van der Waals surface area contributed by atoms with Crippen molar-refractivity contribution in [3.05, 3.63) is 29.8 Å². The zero-order valence-electron chi connectivity index (χ0n) is 12.1. The number of anilines is 1. The Morgan fingerprint density at radius 2 is 2.33 bits per heavy atom. The van der Waals surface area contributed by atoms with E-state index in [0.29, 0.717) is 19.8 Å². The first-order chi connectivity index (χ1) is 10.3. The van der Waals surface area contributed by atoms with Gasteiger partial charge in [-0.2, -0.15) is 0 Å². The fourth-order valence-electron chi connectivity index (χ4n) is 2.32. The van der Waals surface area contributed by atoms with E-state index in [1.807, 2.05) is 24.3 Å². The van der Waals surface area contributed by atoms with Crippen molar-refractivity contribution in [2.45, 2.75) is 25.6 Å². The third-order valence-corrected chi connectivity index (χ3v) is 3.73. The Morgan fingerprint density at radius 1 is 1.43 bits per heavy atom. The smallest absolute Gasteiger partial charge is 0.254 e. The predicted octanol–water partition coefficient (Wildman–Crippen LogP) is 1.54. The van der Waals surface area contributed by atoms with E-state index in [1.54, 1.807) is 0 Å². The van der Waals surface area contributed by atoms with E-state index >= 15 is 0 Å². The van der Waals surface area contributed by atoms with Crippen molar-refractivity contribution in [2.24, 2.45) is 5.92 Å². The van der Waals surface area contributed by atoms with Gasteiger partial charge in [0.15, 0.2) is 0 Å². The third-order valence-electron chi connectivity index (χ3n) is 3.73. The molecule has 0 aromatic heterocycles. The zero-order valence-corrected chi connectivity index (χ0v) is 12.1. The molecule has 1 saturated carbocycles. The van der Waals surface area contributed by atoms with Gasteiger partial charge in [0.2, 0.25) is 0 Å². The molecule has 1 aliphatic heterocycles. The second kappa shape index (κ2) is 7.02. The molecule has 5 nitrogen and oxygen atoms in total. The Hall–Kier alpha value is -1.43. The number of hydrogen-bond acceptors (Lipinski definition) is 4. The number of amides is 1. The summed E-state index contributed by atoms with van der Waals surface area (Å²) in [6.07, 6.45) is 2.19. The number of ether oxygens (including phenoxy) is 2. The molecule has 3 rings (SSSR count). The molecule has 5 heteroatoms. The molecule has 2 aliphatic rings. The van der Waals surface area contributed by atoms with Crippen molar-refractivity contribution < 1.29 is 14.3 Å². The number of benzene rings is 1. The molecule has 1 aromatic rings. The molecule has 1 atom stereocenters. The van der Waals surface area contributed by atoms with Crippen LogP contribution in [0.5, 0.6) is 0 Å². The van der Waals surface area contributed by atoms with Crippen LogP contribution >= 0.6 is 0 Å². The number of rotatable bonds is 6. The highest BCUT2D eigenvalue weighted by molar-refractivity contribution is 5.94. The summed E-state index contributed by atoms with van der Waals surface area (Å²) in [5.74, 6) is 0.669. The monoisotopic (exact) mass is 290 g/mol. The van der Waals surface area contributed by atoms with Gasteiger partial charge < -0.3 is 20.1 Å². The fraction of sp³-hybridized carbons (Fsp3) is 0.562. The third kappa shape index (κ3) is 4.52. The molecule has 1 amide bonds. The van der Waals surface area contributed by atoms with E-state index in [9.17, 15) is 4.79 Å². The number of hydrogen-bond donors (Lipinski definition) is 2. The molecule has 2 N–H and O–H groups in total. The average Bonchev–Trinajstić information content (AvgIpc) is 3.33. The lowest BCUT2D eigenvalue weighted by molar-refractivity contribution is -0.128. The first-order valence-electron chi connectivity index (χ1n) is 7.61. The van der Waals surface area contributed by atoms with E-state index in [-0.39, 0.29) is 5.91 Å². The molecule has 1 unspecified atom stereocenters. The lowest BCUT2D eigenvalue weighted by Crippen LogP contribution is -2.45. The highest BCUT2D eigenvalue weighted by atomic mass is 16.5. The maximum atomic E-state index is 12.1. The van der Waals surface area contributed by atoms with Crippen molar-refractivity contribution in [3.63, 3.8) is 0 Å². The van der Waals surface area contributed by atoms with Crippen molar-refractivity contribution in [1.29, 1.82) is 0 Å². The lowest BCUT2D eigenvalue weighted by atomic mass is 10.2. The molecule has 0 bridgehead atoms. The van der Waals surface area contributed by atoms with Crippen LogP contribution in [0.4, 0.5) is 5.69 Å². The van der Waals surface area contributed by atoms with Gasteiger partial charge >= 0.3 is 0 Å². The second-order valence-corrected chi connectivity index (χ2v) is 5.71. The van der Waals surface area contributed by atoms with Crippen LogP contribution in [0, 0.1) is 5.92 Å². The Labute approximate surface area is 125 Å². The van der Waals surface area contributed by atoms with E-state index < -0.39 is 6.10 Å². The molecule has 114 valence electrons. The summed E-state index contributed by atoms with van der Waals surface area (Å²) in [5.41, 5.74) is 1.87. The van der Waals surface area contributed by atoms with Crippen LogP contribution in [-0.4, -0.2) is 38.3 Å². The average molecular weight is 290 g/mol. The topological polar surface area (TPSA) is 59.6 Å². The van der Waals surface area contributed by atoms with E-state index in [1.165, 1.54) is 12.8 Å². The molecule has 1 saturated heterocycles. The second-order valence-electron chi connectivity index (χ2n) is 5.71. The Bertz CT molecular complexity index is 482. The van der Waals surface area contributed by atoms with Crippen molar-refractivity contribution in [2.75, 3.05) is 31.6 Å². The first-order valence-corrected chi connectivity index (χ1v) is 7.61. The van der Waals surface area contributed by atoms with Gasteiger partial charge in [0.25, 0.3) is 5.91 Å². The number of carbonyl (C=O) groups is 1. The van der Waals surface area contributed by atoms with Crippen LogP contribution in [0.3, 0.4) is 0 Å². The highest BCUT2D eigenvalue weighted by Gasteiger charge is 2.22. The zero-order chi connectivity index (χ0) is 14.5. The van der Waals surface area contributed by atoms with Gasteiger partial charge in [-0.25, -0.2) is 0 Å². The number of nitrogens with one attached hydrogen (secondary N) is 2. The first kappa shape index (κ1) is 14.5. The summed E-state index contributed by atoms with van der Waals surface area (Å²) in [6.45, 7) is 3.39. The largest absolute Gasteiger partial charge is 0.376 e. The maximum Gasteiger partial charge on any atom is 0.254 e. The van der Waals surface area contributed by atoms with E-state index in [2.05, 4.69) is 10.6 Å². The molecule has 0 radical (unpaired) electrons. The lowest BCUT2D eigenvalue weighted by Gasteiger charge is -2.22. The molecule has 2 fully saturated rings. The summed E-state index contributed by atoms with van der Waals surface area (Å²) in [5, 5.41) is 6.06. The molecule has 1 aromatic carbocycles. The van der Waals surface area contributed by atoms with Crippen molar-refractivity contribution in [3.8, 4) is 0 Å². The van der Waals surface area contributed by atoms with Gasteiger partial charge in [-0.1, -0.05) is 12.1 Å². The van der Waals surface area contributed by atoms with E-state index in [0.717, 1.165) is 30.3 Å². The van der Waals surface area contributed by atoms with Crippen LogP contribution in [-0.2, 0) is 20.9 Å². The normalized spacial score (nSPS) is 22.0. The van der Waals surface area contributed by atoms with Crippen LogP contribution in [0.15, 0.2) is 24.3 Å². The summed E-state index contributed by atoms with van der Waals surface area (Å²) in [6, 6.07) is 7.80. The minimum absolute atomic E-state index is 0.0988. The summed E-state index contributed by atoms with van der Waals surface area (Å²) in [7, 11) is 0. The fourth-order valence-corrected chi connectivity index (χ4v) is 2.32. The minimum Gasteiger partial charge on any atom is -0.376 e. The SMILES string of the molecule is O=C(Nc1cccc(COCC2CC2)c1)C1CNCCO1. The number of morpholine rings is 1. The Balaban J connectivity index is 1.50. The molecule has 21 heavy (non-hydrogen) atoms. The van der Waals surface area contributed by atoms with Gasteiger partial charge in [0.05, 0.1) is 13.2 Å². The molecule has 1 heterocycles. The van der Waals surface area contributed by atoms with Crippen LogP contribution < -0.4 is 10.6 Å². The van der Waals surface area contributed by atoms with Gasteiger partial charge in [0, 0.05) is 25.4 Å². The van der Waals surface area contributed by atoms with Crippen LogP contribution in [0.2, 0.25) is 0 Å². The van der Waals surface area contributed by atoms with Crippen LogP contribution in [0.25, 0.3) is 0 Å². The van der Waals surface area contributed by atoms with Gasteiger partial charge in [-0.15, -0.1) is 0 Å². The maximum absolute atomic E-state index is 12.1. The summed E-state index contributed by atoms with van der Waals surface area (Å²) < 4.78 is 11.1. The molecule has 1 aliphatic carbocycles. The van der Waals surface area contributed by atoms with Gasteiger partial charge in [0.1, 0.15) is 6.10 Å². The summed E-state index contributed by atoms with van der Waals surface area (Å²) in [4.78, 5) is 12.1. The quantitative estimate of drug-likeness (QED) is 0.834. The van der Waals surface area contributed by atoms with Crippen molar-refractivity contribution >= 4 is 11.6 Å². The predicted molar refractivity (Wildman–Crippen MR) is 80.1 cm³/mol. The van der Waals surface area contributed by atoms with Gasteiger partial charge in [-0.3, -0.25) is 4.79 Å².